The van der Waals surface area contributed by atoms with Crippen LogP contribution in [0.1, 0.15) is 47.9 Å². The fourth-order valence-electron chi connectivity index (χ4n) is 4.27. The summed E-state index contributed by atoms with van der Waals surface area (Å²) >= 11 is 3.71. The number of fused-ring (bicyclic) bond motifs is 3. The number of hydrogen-bond acceptors (Lipinski definition) is 2. The van der Waals surface area contributed by atoms with Gasteiger partial charge < -0.3 is 9.47 Å². The fraction of sp³-hybridized carbons (Fsp3) is 0.273. The third-order valence-corrected chi connectivity index (χ3v) is 6.35. The van der Waals surface area contributed by atoms with E-state index < -0.39 is 0 Å². The van der Waals surface area contributed by atoms with Gasteiger partial charge in [0.1, 0.15) is 0 Å². The summed E-state index contributed by atoms with van der Waals surface area (Å²) in [5.74, 6) is 2.18. The molecule has 2 aromatic rings. The minimum atomic E-state index is 0.315. The molecule has 0 spiro atoms. The molecular weight excluding hydrogens is 376 g/mol. The summed E-state index contributed by atoms with van der Waals surface area (Å²) < 4.78 is 12.3. The van der Waals surface area contributed by atoms with Gasteiger partial charge in [-0.05, 0) is 70.4 Å². The average Bonchev–Trinajstić information content (AvgIpc) is 3.30. The summed E-state index contributed by atoms with van der Waals surface area (Å²) in [4.78, 5) is 0. The number of hydrogen-bond donors (Lipinski definition) is 0. The zero-order chi connectivity index (χ0) is 17.0. The van der Waals surface area contributed by atoms with Crippen molar-refractivity contribution >= 4 is 28.1 Å². The number of rotatable bonds is 3. The van der Waals surface area contributed by atoms with Crippen LogP contribution in [-0.4, -0.2) is 6.79 Å². The molecule has 0 radical (unpaired) electrons. The van der Waals surface area contributed by atoms with Gasteiger partial charge >= 0.3 is 0 Å². The van der Waals surface area contributed by atoms with E-state index in [9.17, 15) is 0 Å². The molecule has 0 fully saturated rings. The molecule has 0 bridgehead atoms. The molecule has 1 heterocycles. The van der Waals surface area contributed by atoms with Crippen LogP contribution >= 0.6 is 15.9 Å². The first kappa shape index (κ1) is 15.3. The van der Waals surface area contributed by atoms with Gasteiger partial charge in [0, 0.05) is 5.92 Å². The lowest BCUT2D eigenvalue weighted by atomic mass is 9.89. The van der Waals surface area contributed by atoms with E-state index in [4.69, 9.17) is 9.47 Å². The number of allylic oxidation sites excluding steroid dienone is 2. The molecule has 2 nitrogen and oxygen atoms in total. The smallest absolute Gasteiger partial charge is 0.231 e. The molecule has 0 aromatic heterocycles. The Hall–Kier alpha value is -2.00. The van der Waals surface area contributed by atoms with E-state index >= 15 is 0 Å². The second-order valence-electron chi connectivity index (χ2n) is 7.09. The van der Waals surface area contributed by atoms with Crippen LogP contribution in [0.25, 0.3) is 12.2 Å². The Bertz CT molecular complexity index is 939. The molecule has 126 valence electrons. The van der Waals surface area contributed by atoms with E-state index in [2.05, 4.69) is 65.3 Å². The quantitative estimate of drug-likeness (QED) is 0.625. The molecule has 0 saturated heterocycles. The molecule has 1 aliphatic heterocycles. The normalized spacial score (nSPS) is 19.5. The zero-order valence-corrected chi connectivity index (χ0v) is 15.7. The Labute approximate surface area is 156 Å². The van der Waals surface area contributed by atoms with E-state index in [0.717, 1.165) is 35.2 Å². The monoisotopic (exact) mass is 394 g/mol. The van der Waals surface area contributed by atoms with Gasteiger partial charge in [0.15, 0.2) is 11.5 Å². The summed E-state index contributed by atoms with van der Waals surface area (Å²) in [7, 11) is 0. The first-order valence-corrected chi connectivity index (χ1v) is 9.57. The van der Waals surface area contributed by atoms with Crippen molar-refractivity contribution in [3.63, 3.8) is 0 Å². The lowest BCUT2D eigenvalue weighted by Crippen LogP contribution is -1.99. The van der Waals surface area contributed by atoms with Crippen LogP contribution in [0, 0.1) is 0 Å². The van der Waals surface area contributed by atoms with Crippen LogP contribution in [0.4, 0.5) is 0 Å². The largest absolute Gasteiger partial charge is 0.454 e. The van der Waals surface area contributed by atoms with Crippen molar-refractivity contribution in [3.8, 4) is 11.5 Å². The molecular formula is C22H19BrO2. The summed E-state index contributed by atoms with van der Waals surface area (Å²) in [6.45, 7) is 2.55. The SMILES string of the molecule is CC1=Cc2c(cc3c(c2Br)OCO3)C1CCC1=Cc2ccccc2C1. The third-order valence-electron chi connectivity index (χ3n) is 5.56. The fourth-order valence-corrected chi connectivity index (χ4v) is 4.92. The topological polar surface area (TPSA) is 18.5 Å². The van der Waals surface area contributed by atoms with Crippen molar-refractivity contribution in [1.82, 2.24) is 0 Å². The predicted molar refractivity (Wildman–Crippen MR) is 104 cm³/mol. The lowest BCUT2D eigenvalue weighted by Gasteiger charge is -2.16. The van der Waals surface area contributed by atoms with Crippen LogP contribution in [0.2, 0.25) is 0 Å². The maximum atomic E-state index is 5.62. The van der Waals surface area contributed by atoms with Crippen molar-refractivity contribution in [2.45, 2.75) is 32.1 Å². The highest BCUT2D eigenvalue weighted by Crippen LogP contribution is 2.50. The van der Waals surface area contributed by atoms with Gasteiger partial charge in [-0.25, -0.2) is 0 Å². The number of benzene rings is 2. The molecule has 2 aliphatic carbocycles. The Morgan fingerprint density at radius 3 is 2.92 bits per heavy atom. The highest BCUT2D eigenvalue weighted by Gasteiger charge is 2.30. The molecule has 25 heavy (non-hydrogen) atoms. The molecule has 0 N–H and O–H groups in total. The van der Waals surface area contributed by atoms with E-state index in [0.29, 0.717) is 12.7 Å². The van der Waals surface area contributed by atoms with Gasteiger partial charge in [0.2, 0.25) is 6.79 Å². The molecule has 2 aromatic carbocycles. The molecule has 3 heteroatoms. The maximum Gasteiger partial charge on any atom is 0.231 e. The summed E-state index contributed by atoms with van der Waals surface area (Å²) in [6, 6.07) is 10.9. The van der Waals surface area contributed by atoms with Crippen LogP contribution in [0.3, 0.4) is 0 Å². The van der Waals surface area contributed by atoms with E-state index in [1.807, 2.05) is 0 Å². The first-order chi connectivity index (χ1) is 12.2. The molecule has 3 aliphatic rings. The van der Waals surface area contributed by atoms with Crippen molar-refractivity contribution in [3.05, 3.63) is 68.2 Å². The second kappa shape index (κ2) is 5.77. The third kappa shape index (κ3) is 2.44. The Morgan fingerprint density at radius 1 is 1.16 bits per heavy atom. The Kier molecular flexibility index (Phi) is 3.53. The standard InChI is InChI=1S/C22H19BrO2/c1-13-8-19-18(11-20-22(21(19)23)25-12-24-20)17(13)7-6-14-9-15-4-2-3-5-16(15)10-14/h2-5,8-9,11,17H,6-7,10,12H2,1H3. The van der Waals surface area contributed by atoms with Gasteiger partial charge in [-0.2, -0.15) is 0 Å². The van der Waals surface area contributed by atoms with E-state index in [1.54, 1.807) is 5.57 Å². The minimum absolute atomic E-state index is 0.315. The molecule has 0 amide bonds. The van der Waals surface area contributed by atoms with E-state index in [1.165, 1.54) is 27.8 Å². The predicted octanol–water partition coefficient (Wildman–Crippen LogP) is 6.10. The molecule has 5 rings (SSSR count). The Balaban J connectivity index is 1.39. The van der Waals surface area contributed by atoms with Gasteiger partial charge in [-0.1, -0.05) is 47.6 Å². The Morgan fingerprint density at radius 2 is 2.04 bits per heavy atom. The highest BCUT2D eigenvalue weighted by molar-refractivity contribution is 9.10. The van der Waals surface area contributed by atoms with Gasteiger partial charge in [0.05, 0.1) is 4.47 Å². The number of halogens is 1. The summed E-state index contributed by atoms with van der Waals surface area (Å²) in [6.07, 6.45) is 8.05. The molecule has 1 unspecified atom stereocenters. The number of ether oxygens (including phenoxy) is 2. The van der Waals surface area contributed by atoms with Crippen LogP contribution < -0.4 is 9.47 Å². The molecule has 1 atom stereocenters. The first-order valence-electron chi connectivity index (χ1n) is 8.78. The van der Waals surface area contributed by atoms with Crippen LogP contribution in [0.15, 0.2) is 46.0 Å². The molecule has 0 saturated carbocycles. The van der Waals surface area contributed by atoms with Gasteiger partial charge in [-0.3, -0.25) is 0 Å². The average molecular weight is 395 g/mol. The minimum Gasteiger partial charge on any atom is -0.454 e. The van der Waals surface area contributed by atoms with Crippen LogP contribution in [-0.2, 0) is 6.42 Å². The van der Waals surface area contributed by atoms with Crippen molar-refractivity contribution in [2.24, 2.45) is 0 Å². The maximum absolute atomic E-state index is 5.62. The zero-order valence-electron chi connectivity index (χ0n) is 14.1. The van der Waals surface area contributed by atoms with E-state index in [-0.39, 0.29) is 0 Å². The van der Waals surface area contributed by atoms with Crippen LogP contribution in [0.5, 0.6) is 11.5 Å². The summed E-state index contributed by atoms with van der Waals surface area (Å²) in [5, 5.41) is 0. The van der Waals surface area contributed by atoms with Gasteiger partial charge in [-0.15, -0.1) is 0 Å². The van der Waals surface area contributed by atoms with Crippen molar-refractivity contribution < 1.29 is 9.47 Å². The second-order valence-corrected chi connectivity index (χ2v) is 7.88. The summed E-state index contributed by atoms with van der Waals surface area (Å²) in [5.41, 5.74) is 8.45. The lowest BCUT2D eigenvalue weighted by molar-refractivity contribution is 0.173. The van der Waals surface area contributed by atoms with Crippen molar-refractivity contribution in [1.29, 1.82) is 0 Å². The highest BCUT2D eigenvalue weighted by atomic mass is 79.9. The van der Waals surface area contributed by atoms with Crippen molar-refractivity contribution in [2.75, 3.05) is 6.79 Å². The van der Waals surface area contributed by atoms with Gasteiger partial charge in [0.25, 0.3) is 0 Å².